The molecule has 1 saturated heterocycles. The minimum Gasteiger partial charge on any atom is -0.497 e. The van der Waals surface area contributed by atoms with Gasteiger partial charge in [0.05, 0.1) is 20.3 Å². The van der Waals surface area contributed by atoms with E-state index in [9.17, 15) is 4.79 Å². The van der Waals surface area contributed by atoms with Crippen LogP contribution in [0.15, 0.2) is 24.5 Å². The average Bonchev–Trinajstić information content (AvgIpc) is 3.30. The van der Waals surface area contributed by atoms with Gasteiger partial charge in [0.1, 0.15) is 30.4 Å². The van der Waals surface area contributed by atoms with Crippen LogP contribution in [0.3, 0.4) is 0 Å². The smallest absolute Gasteiger partial charge is 0.252 e. The molecule has 0 unspecified atom stereocenters. The summed E-state index contributed by atoms with van der Waals surface area (Å²) in [5.74, 6) is 1.41. The Balaban J connectivity index is 1.80. The number of ether oxygens (including phenoxy) is 2. The Hall–Kier alpha value is -3.08. The van der Waals surface area contributed by atoms with E-state index in [1.54, 1.807) is 14.2 Å². The van der Waals surface area contributed by atoms with Crippen LogP contribution in [0.25, 0.3) is 0 Å². The molecule has 1 aromatic carbocycles. The Kier molecular flexibility index (Phi) is 4.84. The van der Waals surface area contributed by atoms with Crippen molar-refractivity contribution in [3.8, 4) is 17.6 Å². The molecule has 8 heteroatoms. The minimum absolute atomic E-state index is 0.0488. The number of carbonyl (C=O) groups excluding carboxylic acids is 1. The van der Waals surface area contributed by atoms with Gasteiger partial charge in [0.25, 0.3) is 5.82 Å². The predicted octanol–water partition coefficient (Wildman–Crippen LogP) is 1.53. The molecule has 2 heterocycles. The van der Waals surface area contributed by atoms with Crippen molar-refractivity contribution in [2.45, 2.75) is 25.4 Å². The van der Waals surface area contributed by atoms with Gasteiger partial charge in [-0.3, -0.25) is 4.79 Å². The molecule has 130 valence electrons. The monoisotopic (exact) mass is 341 g/mol. The topological polar surface area (TPSA) is 93.3 Å². The van der Waals surface area contributed by atoms with E-state index in [2.05, 4.69) is 10.1 Å². The van der Waals surface area contributed by atoms with E-state index < -0.39 is 0 Å². The van der Waals surface area contributed by atoms with E-state index in [1.807, 2.05) is 29.2 Å². The standard InChI is InChI=1S/C17H19N5O3/c1-24-12-5-6-13(15(8-12)25-2)14-4-3-7-22(14)17(23)10-21-11-19-16(9-18)20-21/h5-6,8,11,14H,3-4,7,10H2,1-2H3/t14-/m1/s1. The summed E-state index contributed by atoms with van der Waals surface area (Å²) in [6, 6.07) is 7.44. The van der Waals surface area contributed by atoms with Crippen LogP contribution < -0.4 is 9.47 Å². The molecule has 1 amide bonds. The quantitative estimate of drug-likeness (QED) is 0.819. The molecule has 1 atom stereocenters. The minimum atomic E-state index is -0.0604. The van der Waals surface area contributed by atoms with Crippen LogP contribution >= 0.6 is 0 Å². The number of likely N-dealkylation sites (tertiary alicyclic amines) is 1. The lowest BCUT2D eigenvalue weighted by Crippen LogP contribution is -2.33. The molecule has 0 N–H and O–H groups in total. The number of nitrogens with zero attached hydrogens (tertiary/aromatic N) is 5. The molecule has 0 aliphatic carbocycles. The first-order chi connectivity index (χ1) is 12.2. The highest BCUT2D eigenvalue weighted by Crippen LogP contribution is 2.38. The van der Waals surface area contributed by atoms with E-state index in [1.165, 1.54) is 11.0 Å². The normalized spacial score (nSPS) is 16.5. The predicted molar refractivity (Wildman–Crippen MR) is 88.0 cm³/mol. The molecular weight excluding hydrogens is 322 g/mol. The summed E-state index contributed by atoms with van der Waals surface area (Å²) in [5.41, 5.74) is 0.963. The zero-order valence-corrected chi connectivity index (χ0v) is 14.2. The Morgan fingerprint density at radius 2 is 2.24 bits per heavy atom. The second-order valence-corrected chi connectivity index (χ2v) is 5.73. The van der Waals surface area contributed by atoms with E-state index in [0.29, 0.717) is 18.0 Å². The van der Waals surface area contributed by atoms with Crippen molar-refractivity contribution in [1.82, 2.24) is 19.7 Å². The van der Waals surface area contributed by atoms with E-state index >= 15 is 0 Å². The van der Waals surface area contributed by atoms with Gasteiger partial charge in [-0.15, -0.1) is 5.10 Å². The first-order valence-electron chi connectivity index (χ1n) is 7.97. The summed E-state index contributed by atoms with van der Waals surface area (Å²) in [6.45, 7) is 0.738. The lowest BCUT2D eigenvalue weighted by Gasteiger charge is -2.26. The second-order valence-electron chi connectivity index (χ2n) is 5.73. The first kappa shape index (κ1) is 16.8. The number of carbonyl (C=O) groups is 1. The van der Waals surface area contributed by atoms with Gasteiger partial charge in [0.15, 0.2) is 0 Å². The number of hydrogen-bond donors (Lipinski definition) is 0. The SMILES string of the molecule is COc1ccc([C@H]2CCCN2C(=O)Cn2cnc(C#N)n2)c(OC)c1. The fraction of sp³-hybridized carbons (Fsp3) is 0.412. The van der Waals surface area contributed by atoms with Crippen molar-refractivity contribution < 1.29 is 14.3 Å². The fourth-order valence-electron chi connectivity index (χ4n) is 3.13. The molecule has 0 spiro atoms. The van der Waals surface area contributed by atoms with Gasteiger partial charge in [0.2, 0.25) is 5.91 Å². The van der Waals surface area contributed by atoms with Crippen molar-refractivity contribution in [2.24, 2.45) is 0 Å². The van der Waals surface area contributed by atoms with E-state index in [-0.39, 0.29) is 24.3 Å². The number of nitriles is 1. The van der Waals surface area contributed by atoms with Crippen LogP contribution in [0.1, 0.15) is 30.3 Å². The molecule has 0 saturated carbocycles. The molecule has 0 bridgehead atoms. The third-order valence-electron chi connectivity index (χ3n) is 4.31. The van der Waals surface area contributed by atoms with Crippen molar-refractivity contribution in [3.05, 3.63) is 35.9 Å². The fourth-order valence-corrected chi connectivity index (χ4v) is 3.13. The summed E-state index contributed by atoms with van der Waals surface area (Å²) in [7, 11) is 3.21. The zero-order chi connectivity index (χ0) is 17.8. The largest absolute Gasteiger partial charge is 0.497 e. The van der Waals surface area contributed by atoms with E-state index in [4.69, 9.17) is 14.7 Å². The number of amides is 1. The van der Waals surface area contributed by atoms with Crippen LogP contribution in [0.4, 0.5) is 0 Å². The first-order valence-corrected chi connectivity index (χ1v) is 7.97. The van der Waals surface area contributed by atoms with Crippen LogP contribution in [0.5, 0.6) is 11.5 Å². The van der Waals surface area contributed by atoms with Gasteiger partial charge in [-0.2, -0.15) is 5.26 Å². The third kappa shape index (κ3) is 3.40. The Bertz CT molecular complexity index is 811. The second kappa shape index (κ2) is 7.21. The highest BCUT2D eigenvalue weighted by molar-refractivity contribution is 5.77. The molecule has 1 aromatic heterocycles. The molecule has 1 aliphatic heterocycles. The molecule has 1 fully saturated rings. The summed E-state index contributed by atoms with van der Waals surface area (Å²) < 4.78 is 12.1. The zero-order valence-electron chi connectivity index (χ0n) is 14.2. The number of methoxy groups -OCH3 is 2. The van der Waals surface area contributed by atoms with Crippen LogP contribution in [-0.4, -0.2) is 46.3 Å². The number of hydrogen-bond acceptors (Lipinski definition) is 6. The summed E-state index contributed by atoms with van der Waals surface area (Å²) in [6.07, 6.45) is 3.19. The van der Waals surface area contributed by atoms with Crippen molar-refractivity contribution in [2.75, 3.05) is 20.8 Å². The third-order valence-corrected chi connectivity index (χ3v) is 4.31. The van der Waals surface area contributed by atoms with Crippen LogP contribution in [-0.2, 0) is 11.3 Å². The van der Waals surface area contributed by atoms with Gasteiger partial charge in [-0.05, 0) is 25.0 Å². The molecule has 2 aromatic rings. The summed E-state index contributed by atoms with van der Waals surface area (Å²) in [4.78, 5) is 18.4. The number of rotatable bonds is 5. The highest BCUT2D eigenvalue weighted by atomic mass is 16.5. The van der Waals surface area contributed by atoms with Gasteiger partial charge in [0, 0.05) is 18.2 Å². The average molecular weight is 341 g/mol. The van der Waals surface area contributed by atoms with Gasteiger partial charge in [-0.25, -0.2) is 9.67 Å². The molecule has 25 heavy (non-hydrogen) atoms. The Morgan fingerprint density at radius 3 is 2.92 bits per heavy atom. The maximum absolute atomic E-state index is 12.7. The Labute approximate surface area is 145 Å². The van der Waals surface area contributed by atoms with Crippen LogP contribution in [0, 0.1) is 11.3 Å². The maximum Gasteiger partial charge on any atom is 0.252 e. The van der Waals surface area contributed by atoms with Crippen LogP contribution in [0.2, 0.25) is 0 Å². The summed E-state index contributed by atoms with van der Waals surface area (Å²) >= 11 is 0. The highest BCUT2D eigenvalue weighted by Gasteiger charge is 2.32. The molecule has 8 nitrogen and oxygen atoms in total. The summed E-state index contributed by atoms with van der Waals surface area (Å²) in [5, 5.41) is 12.7. The molecule has 1 aliphatic rings. The Morgan fingerprint density at radius 1 is 1.40 bits per heavy atom. The van der Waals surface area contributed by atoms with Gasteiger partial charge in [-0.1, -0.05) is 0 Å². The van der Waals surface area contributed by atoms with Crippen molar-refractivity contribution >= 4 is 5.91 Å². The van der Waals surface area contributed by atoms with Gasteiger partial charge >= 0.3 is 0 Å². The van der Waals surface area contributed by atoms with E-state index in [0.717, 1.165) is 18.4 Å². The lowest BCUT2D eigenvalue weighted by atomic mass is 10.0. The maximum atomic E-state index is 12.7. The van der Waals surface area contributed by atoms with Gasteiger partial charge < -0.3 is 14.4 Å². The molecule has 0 radical (unpaired) electrons. The molecular formula is C17H19N5O3. The molecule has 3 rings (SSSR count). The number of aromatic nitrogens is 3. The van der Waals surface area contributed by atoms with Crippen molar-refractivity contribution in [1.29, 1.82) is 5.26 Å². The number of benzene rings is 1. The lowest BCUT2D eigenvalue weighted by molar-refractivity contribution is -0.133. The van der Waals surface area contributed by atoms with Crippen molar-refractivity contribution in [3.63, 3.8) is 0 Å².